The van der Waals surface area contributed by atoms with E-state index in [4.69, 9.17) is 17.0 Å². The van der Waals surface area contributed by atoms with Crippen molar-refractivity contribution in [2.45, 2.75) is 26.3 Å². The predicted octanol–water partition coefficient (Wildman–Crippen LogP) is 3.34. The standard InChI is InChI=1S/C27H34N4O2S/c1-2-21-8-9-25-23(18-21)19-24(26(32)29-25)20-31(13-12-30-14-16-33-17-15-30)27(34)28-11-10-22-6-4-3-5-7-22/h3-9,18-19H,2,10-17,20H2,1H3,(H,28,34)(H,29,32). The van der Waals surface area contributed by atoms with Gasteiger partial charge in [0.1, 0.15) is 0 Å². The van der Waals surface area contributed by atoms with Gasteiger partial charge in [0, 0.05) is 43.8 Å². The topological polar surface area (TPSA) is 60.6 Å². The van der Waals surface area contributed by atoms with Crippen LogP contribution in [-0.4, -0.2) is 65.8 Å². The molecule has 1 aliphatic heterocycles. The number of hydrogen-bond donors (Lipinski definition) is 2. The highest BCUT2D eigenvalue weighted by Crippen LogP contribution is 2.15. The Morgan fingerprint density at radius 3 is 2.68 bits per heavy atom. The third-order valence-corrected chi connectivity index (χ3v) is 6.77. The summed E-state index contributed by atoms with van der Waals surface area (Å²) in [5.74, 6) is 0. The Balaban J connectivity index is 1.47. The molecule has 0 bridgehead atoms. The van der Waals surface area contributed by atoms with E-state index >= 15 is 0 Å². The van der Waals surface area contributed by atoms with E-state index in [0.717, 1.165) is 75.2 Å². The maximum Gasteiger partial charge on any atom is 0.253 e. The van der Waals surface area contributed by atoms with E-state index in [2.05, 4.69) is 63.4 Å². The molecule has 180 valence electrons. The molecule has 34 heavy (non-hydrogen) atoms. The highest BCUT2D eigenvalue weighted by atomic mass is 32.1. The molecule has 2 N–H and O–H groups in total. The molecule has 0 saturated carbocycles. The summed E-state index contributed by atoms with van der Waals surface area (Å²) in [5.41, 5.74) is 4.08. The Morgan fingerprint density at radius 1 is 1.12 bits per heavy atom. The smallest absolute Gasteiger partial charge is 0.253 e. The molecule has 0 amide bonds. The largest absolute Gasteiger partial charge is 0.379 e. The van der Waals surface area contributed by atoms with Crippen LogP contribution in [0.25, 0.3) is 10.9 Å². The van der Waals surface area contributed by atoms with Gasteiger partial charge in [0.05, 0.1) is 19.8 Å². The Morgan fingerprint density at radius 2 is 1.91 bits per heavy atom. The molecule has 4 rings (SSSR count). The molecular weight excluding hydrogens is 444 g/mol. The van der Waals surface area contributed by atoms with Crippen molar-refractivity contribution < 1.29 is 4.74 Å². The summed E-state index contributed by atoms with van der Waals surface area (Å²) in [7, 11) is 0. The zero-order valence-electron chi connectivity index (χ0n) is 19.9. The van der Waals surface area contributed by atoms with E-state index in [1.807, 2.05) is 18.2 Å². The van der Waals surface area contributed by atoms with Gasteiger partial charge in [0.2, 0.25) is 0 Å². The van der Waals surface area contributed by atoms with Gasteiger partial charge in [-0.25, -0.2) is 0 Å². The van der Waals surface area contributed by atoms with E-state index < -0.39 is 0 Å². The number of aromatic nitrogens is 1. The second-order valence-corrected chi connectivity index (χ2v) is 9.13. The van der Waals surface area contributed by atoms with Gasteiger partial charge in [-0.05, 0) is 59.8 Å². The number of thiocarbonyl (C=S) groups is 1. The monoisotopic (exact) mass is 478 g/mol. The number of nitrogens with one attached hydrogen (secondary N) is 2. The fourth-order valence-corrected chi connectivity index (χ4v) is 4.51. The van der Waals surface area contributed by atoms with E-state index in [-0.39, 0.29) is 5.56 Å². The number of hydrogen-bond acceptors (Lipinski definition) is 4. The first-order valence-electron chi connectivity index (χ1n) is 12.1. The van der Waals surface area contributed by atoms with Gasteiger partial charge >= 0.3 is 0 Å². The molecule has 2 heterocycles. The highest BCUT2D eigenvalue weighted by molar-refractivity contribution is 7.80. The molecule has 6 nitrogen and oxygen atoms in total. The van der Waals surface area contributed by atoms with Gasteiger partial charge in [-0.3, -0.25) is 9.69 Å². The zero-order valence-corrected chi connectivity index (χ0v) is 20.7. The molecule has 1 aliphatic rings. The van der Waals surface area contributed by atoms with Crippen LogP contribution in [0, 0.1) is 0 Å². The lowest BCUT2D eigenvalue weighted by atomic mass is 10.1. The summed E-state index contributed by atoms with van der Waals surface area (Å²) in [6.07, 6.45) is 1.86. The second kappa shape index (κ2) is 12.1. The van der Waals surface area contributed by atoms with Crippen LogP contribution in [0.3, 0.4) is 0 Å². The summed E-state index contributed by atoms with van der Waals surface area (Å²) in [6, 6.07) is 18.6. The quantitative estimate of drug-likeness (QED) is 0.460. The summed E-state index contributed by atoms with van der Waals surface area (Å²) < 4.78 is 5.48. The maximum atomic E-state index is 12.9. The van der Waals surface area contributed by atoms with Crippen molar-refractivity contribution >= 4 is 28.2 Å². The number of benzene rings is 2. The van der Waals surface area contributed by atoms with Crippen LogP contribution in [0.15, 0.2) is 59.4 Å². The normalized spacial score (nSPS) is 14.3. The minimum atomic E-state index is -0.0554. The van der Waals surface area contributed by atoms with Gasteiger partial charge < -0.3 is 19.9 Å². The van der Waals surface area contributed by atoms with Crippen molar-refractivity contribution in [1.29, 1.82) is 0 Å². The van der Waals surface area contributed by atoms with Crippen molar-refractivity contribution in [2.24, 2.45) is 0 Å². The molecule has 3 aromatic rings. The molecule has 1 saturated heterocycles. The van der Waals surface area contributed by atoms with Crippen molar-refractivity contribution in [3.8, 4) is 0 Å². The minimum Gasteiger partial charge on any atom is -0.379 e. The van der Waals surface area contributed by atoms with Crippen molar-refractivity contribution in [3.63, 3.8) is 0 Å². The first kappa shape index (κ1) is 24.4. The Kier molecular flexibility index (Phi) is 8.68. The number of aryl methyl sites for hydroxylation is 1. The first-order chi connectivity index (χ1) is 16.6. The molecular formula is C27H34N4O2S. The molecule has 0 atom stereocenters. The van der Waals surface area contributed by atoms with Crippen molar-refractivity contribution in [2.75, 3.05) is 45.9 Å². The van der Waals surface area contributed by atoms with E-state index in [0.29, 0.717) is 11.7 Å². The lowest BCUT2D eigenvalue weighted by Crippen LogP contribution is -2.46. The van der Waals surface area contributed by atoms with Gasteiger partial charge in [-0.15, -0.1) is 0 Å². The van der Waals surface area contributed by atoms with Crippen molar-refractivity contribution in [1.82, 2.24) is 20.1 Å². The van der Waals surface area contributed by atoms with Gasteiger partial charge in [0.25, 0.3) is 5.56 Å². The Labute approximate surface area is 206 Å². The van der Waals surface area contributed by atoms with Crippen LogP contribution in [-0.2, 0) is 24.1 Å². The molecule has 1 aromatic heterocycles. The van der Waals surface area contributed by atoms with Crippen LogP contribution in [0.1, 0.15) is 23.6 Å². The maximum absolute atomic E-state index is 12.9. The molecule has 0 radical (unpaired) electrons. The molecule has 1 fully saturated rings. The van der Waals surface area contributed by atoms with E-state index in [1.165, 1.54) is 11.1 Å². The average Bonchev–Trinajstić information content (AvgIpc) is 2.87. The summed E-state index contributed by atoms with van der Waals surface area (Å²) in [4.78, 5) is 20.4. The number of morpholine rings is 1. The fraction of sp³-hybridized carbons (Fsp3) is 0.407. The highest BCUT2D eigenvalue weighted by Gasteiger charge is 2.16. The molecule has 0 aliphatic carbocycles. The van der Waals surface area contributed by atoms with E-state index in [1.54, 1.807) is 0 Å². The minimum absolute atomic E-state index is 0.0554. The molecule has 7 heteroatoms. The zero-order chi connectivity index (χ0) is 23.8. The second-order valence-electron chi connectivity index (χ2n) is 8.74. The van der Waals surface area contributed by atoms with Crippen LogP contribution < -0.4 is 10.9 Å². The number of aromatic amines is 1. The number of rotatable bonds is 9. The fourth-order valence-electron chi connectivity index (χ4n) is 4.25. The predicted molar refractivity (Wildman–Crippen MR) is 142 cm³/mol. The molecule has 0 unspecified atom stereocenters. The van der Waals surface area contributed by atoms with Crippen LogP contribution in [0.5, 0.6) is 0 Å². The summed E-state index contributed by atoms with van der Waals surface area (Å²) in [6.45, 7) is 8.40. The lowest BCUT2D eigenvalue weighted by Gasteiger charge is -2.31. The number of nitrogens with zero attached hydrogens (tertiary/aromatic N) is 2. The third-order valence-electron chi connectivity index (χ3n) is 6.36. The first-order valence-corrected chi connectivity index (χ1v) is 12.5. The number of pyridine rings is 1. The molecule has 0 spiro atoms. The van der Waals surface area contributed by atoms with Gasteiger partial charge in [-0.1, -0.05) is 43.3 Å². The Bertz CT molecular complexity index is 1140. The SMILES string of the molecule is CCc1ccc2[nH]c(=O)c(CN(CCN3CCOCC3)C(=S)NCCc3ccccc3)cc2c1. The number of ether oxygens (including phenoxy) is 1. The van der Waals surface area contributed by atoms with Crippen molar-refractivity contribution in [3.05, 3.63) is 81.6 Å². The van der Waals surface area contributed by atoms with Crippen LogP contribution in [0.2, 0.25) is 0 Å². The van der Waals surface area contributed by atoms with Gasteiger partial charge in [0.15, 0.2) is 5.11 Å². The van der Waals surface area contributed by atoms with Crippen LogP contribution >= 0.6 is 12.2 Å². The van der Waals surface area contributed by atoms with Gasteiger partial charge in [-0.2, -0.15) is 0 Å². The third kappa shape index (κ3) is 6.65. The molecule has 2 aromatic carbocycles. The Hall–Kier alpha value is -2.74. The average molecular weight is 479 g/mol. The summed E-state index contributed by atoms with van der Waals surface area (Å²) in [5, 5.41) is 5.16. The lowest BCUT2D eigenvalue weighted by molar-refractivity contribution is 0.0357. The number of fused-ring (bicyclic) bond motifs is 1. The summed E-state index contributed by atoms with van der Waals surface area (Å²) >= 11 is 5.79. The van der Waals surface area contributed by atoms with E-state index in [9.17, 15) is 4.79 Å². The van der Waals surface area contributed by atoms with Crippen LogP contribution in [0.4, 0.5) is 0 Å². The number of H-pyrrole nitrogens is 1.